The summed E-state index contributed by atoms with van der Waals surface area (Å²) in [6.07, 6.45) is 15.5. The van der Waals surface area contributed by atoms with Crippen LogP contribution in [0.4, 0.5) is 0 Å². The molecule has 0 saturated heterocycles. The fraction of sp³-hybridized carbons (Fsp3) is 0.742. The van der Waals surface area contributed by atoms with Crippen LogP contribution in [0.5, 0.6) is 0 Å². The highest BCUT2D eigenvalue weighted by atomic mass is 16.3. The van der Waals surface area contributed by atoms with E-state index in [1.54, 1.807) is 5.57 Å². The van der Waals surface area contributed by atoms with Gasteiger partial charge in [-0.05, 0) is 125 Å². The minimum atomic E-state index is -0.723. The zero-order chi connectivity index (χ0) is 23.5. The van der Waals surface area contributed by atoms with Crippen molar-refractivity contribution in [2.75, 3.05) is 0 Å². The van der Waals surface area contributed by atoms with Crippen molar-refractivity contribution >= 4 is 0 Å². The van der Waals surface area contributed by atoms with Gasteiger partial charge in [0.2, 0.25) is 0 Å². The minimum absolute atomic E-state index is 0.318. The summed E-state index contributed by atoms with van der Waals surface area (Å²) in [6, 6.07) is 10.2. The number of benzene rings is 1. The fourth-order valence-electron chi connectivity index (χ4n) is 9.02. The van der Waals surface area contributed by atoms with Crippen molar-refractivity contribution in [3.8, 4) is 0 Å². The molecule has 2 heteroatoms. The van der Waals surface area contributed by atoms with Gasteiger partial charge in [-0.3, -0.25) is 0 Å². The normalized spacial score (nSPS) is 44.2. The molecule has 182 valence electrons. The van der Waals surface area contributed by atoms with Gasteiger partial charge in [0.25, 0.3) is 0 Å². The van der Waals surface area contributed by atoms with Crippen molar-refractivity contribution in [1.29, 1.82) is 0 Å². The Morgan fingerprint density at radius 2 is 1.73 bits per heavy atom. The SMILES string of the molecule is CC(O)(CCC[C@H]1CC[C@H]2[C@@H]3CC=C4C[C@@](C)(O)CC[C@]4(C)[C@H]3CC[C@]12C)c1ccccc1. The Balaban J connectivity index is 1.26. The first-order valence-electron chi connectivity index (χ1n) is 13.8. The molecule has 1 aromatic rings. The first-order valence-corrected chi connectivity index (χ1v) is 13.8. The maximum atomic E-state index is 11.1. The van der Waals surface area contributed by atoms with Crippen LogP contribution in [0.3, 0.4) is 0 Å². The van der Waals surface area contributed by atoms with Crippen LogP contribution >= 0.6 is 0 Å². The van der Waals surface area contributed by atoms with Crippen molar-refractivity contribution in [2.45, 2.75) is 110 Å². The van der Waals surface area contributed by atoms with E-state index in [0.717, 1.165) is 61.3 Å². The number of fused-ring (bicyclic) bond motifs is 5. The van der Waals surface area contributed by atoms with Gasteiger partial charge in [-0.25, -0.2) is 0 Å². The Morgan fingerprint density at radius 3 is 2.48 bits per heavy atom. The Bertz CT molecular complexity index is 883. The molecule has 8 atom stereocenters. The average molecular weight is 451 g/mol. The lowest BCUT2D eigenvalue weighted by Gasteiger charge is -2.59. The molecule has 0 aromatic heterocycles. The summed E-state index contributed by atoms with van der Waals surface area (Å²) < 4.78 is 0. The van der Waals surface area contributed by atoms with Crippen LogP contribution in [0.15, 0.2) is 42.0 Å². The van der Waals surface area contributed by atoms with Crippen LogP contribution in [0, 0.1) is 34.5 Å². The molecule has 4 aliphatic rings. The van der Waals surface area contributed by atoms with E-state index in [2.05, 4.69) is 32.1 Å². The maximum Gasteiger partial charge on any atom is 0.0868 e. The van der Waals surface area contributed by atoms with Crippen molar-refractivity contribution < 1.29 is 10.2 Å². The topological polar surface area (TPSA) is 40.5 Å². The van der Waals surface area contributed by atoms with Gasteiger partial charge in [0.1, 0.15) is 0 Å². The highest BCUT2D eigenvalue weighted by Crippen LogP contribution is 2.67. The fourth-order valence-corrected chi connectivity index (χ4v) is 9.02. The standard InChI is InChI=1S/C31H46O2/c1-28(32)19-20-30(3)24(21-28)12-14-25-26-15-13-22(29(26,2)18-16-27(25)30)11-8-17-31(4,33)23-9-6-5-7-10-23/h5-7,9-10,12,22,25-27,32-33H,8,11,13-21H2,1-4H3/t22-,25-,26-,27-,28-,29+,30-,31?/m0/s1. The highest BCUT2D eigenvalue weighted by Gasteiger charge is 2.58. The zero-order valence-corrected chi connectivity index (χ0v) is 21.4. The molecule has 4 aliphatic carbocycles. The number of allylic oxidation sites excluding steroid dienone is 1. The quantitative estimate of drug-likeness (QED) is 0.459. The second kappa shape index (κ2) is 8.23. The van der Waals surface area contributed by atoms with E-state index in [0.29, 0.717) is 10.8 Å². The number of aliphatic hydroxyl groups is 2. The Morgan fingerprint density at radius 1 is 0.970 bits per heavy atom. The van der Waals surface area contributed by atoms with Crippen LogP contribution in [0.2, 0.25) is 0 Å². The lowest BCUT2D eigenvalue weighted by atomic mass is 9.46. The van der Waals surface area contributed by atoms with Gasteiger partial charge in [0, 0.05) is 0 Å². The number of rotatable bonds is 5. The summed E-state index contributed by atoms with van der Waals surface area (Å²) in [5.74, 6) is 3.30. The largest absolute Gasteiger partial charge is 0.390 e. The molecule has 0 heterocycles. The molecular weight excluding hydrogens is 404 g/mol. The lowest BCUT2D eigenvalue weighted by molar-refractivity contribution is -0.0665. The molecule has 1 unspecified atom stereocenters. The van der Waals surface area contributed by atoms with E-state index in [1.807, 2.05) is 32.0 Å². The molecule has 5 rings (SSSR count). The smallest absolute Gasteiger partial charge is 0.0868 e. The minimum Gasteiger partial charge on any atom is -0.390 e. The Kier molecular flexibility index (Phi) is 5.89. The van der Waals surface area contributed by atoms with Gasteiger partial charge in [0.15, 0.2) is 0 Å². The number of hydrogen-bond acceptors (Lipinski definition) is 2. The molecule has 2 N–H and O–H groups in total. The predicted octanol–water partition coefficient (Wildman–Crippen LogP) is 7.39. The van der Waals surface area contributed by atoms with Gasteiger partial charge in [-0.15, -0.1) is 0 Å². The third-order valence-corrected chi connectivity index (χ3v) is 11.2. The van der Waals surface area contributed by atoms with Crippen LogP contribution in [-0.2, 0) is 5.60 Å². The van der Waals surface area contributed by atoms with Crippen molar-refractivity contribution in [2.24, 2.45) is 34.5 Å². The van der Waals surface area contributed by atoms with E-state index in [9.17, 15) is 10.2 Å². The monoisotopic (exact) mass is 450 g/mol. The van der Waals surface area contributed by atoms with Gasteiger partial charge in [-0.2, -0.15) is 0 Å². The van der Waals surface area contributed by atoms with Crippen LogP contribution < -0.4 is 0 Å². The molecule has 2 nitrogen and oxygen atoms in total. The first-order chi connectivity index (χ1) is 15.6. The van der Waals surface area contributed by atoms with E-state index >= 15 is 0 Å². The maximum absolute atomic E-state index is 11.1. The summed E-state index contributed by atoms with van der Waals surface area (Å²) in [4.78, 5) is 0. The third-order valence-electron chi connectivity index (χ3n) is 11.2. The van der Waals surface area contributed by atoms with Crippen molar-refractivity contribution in [3.05, 3.63) is 47.5 Å². The van der Waals surface area contributed by atoms with Crippen molar-refractivity contribution in [1.82, 2.24) is 0 Å². The molecule has 33 heavy (non-hydrogen) atoms. The average Bonchev–Trinajstić information content (AvgIpc) is 3.11. The number of hydrogen-bond donors (Lipinski definition) is 2. The first kappa shape index (κ1) is 23.6. The van der Waals surface area contributed by atoms with E-state index in [1.165, 1.54) is 38.5 Å². The molecule has 1 aromatic carbocycles. The van der Waals surface area contributed by atoms with Crippen LogP contribution in [-0.4, -0.2) is 15.8 Å². The highest BCUT2D eigenvalue weighted by molar-refractivity contribution is 5.27. The van der Waals surface area contributed by atoms with Crippen LogP contribution in [0.1, 0.15) is 104 Å². The molecule has 3 fully saturated rings. The van der Waals surface area contributed by atoms with Crippen LogP contribution in [0.25, 0.3) is 0 Å². The molecule has 3 saturated carbocycles. The third kappa shape index (κ3) is 4.04. The summed E-state index contributed by atoms with van der Waals surface area (Å²) in [5.41, 5.74) is 2.19. The lowest BCUT2D eigenvalue weighted by Crippen LogP contribution is -2.51. The second-order valence-corrected chi connectivity index (χ2v) is 13.3. The van der Waals surface area contributed by atoms with E-state index in [-0.39, 0.29) is 0 Å². The zero-order valence-electron chi connectivity index (χ0n) is 21.4. The predicted molar refractivity (Wildman–Crippen MR) is 136 cm³/mol. The summed E-state index contributed by atoms with van der Waals surface area (Å²) in [7, 11) is 0. The van der Waals surface area contributed by atoms with Crippen molar-refractivity contribution in [3.63, 3.8) is 0 Å². The van der Waals surface area contributed by atoms with E-state index < -0.39 is 11.2 Å². The molecule has 0 radical (unpaired) electrons. The molecule has 0 aliphatic heterocycles. The van der Waals surface area contributed by atoms with E-state index in [4.69, 9.17) is 0 Å². The summed E-state index contributed by atoms with van der Waals surface area (Å²) >= 11 is 0. The van der Waals surface area contributed by atoms with Gasteiger partial charge in [-0.1, -0.05) is 55.8 Å². The summed E-state index contributed by atoms with van der Waals surface area (Å²) in [5, 5.41) is 21.8. The Hall–Kier alpha value is -1.12. The molecule has 0 bridgehead atoms. The molecule has 0 amide bonds. The van der Waals surface area contributed by atoms with Gasteiger partial charge >= 0.3 is 0 Å². The summed E-state index contributed by atoms with van der Waals surface area (Å²) in [6.45, 7) is 9.18. The molecule has 0 spiro atoms. The Labute approximate surface area is 201 Å². The molecular formula is C31H46O2. The second-order valence-electron chi connectivity index (χ2n) is 13.3. The van der Waals surface area contributed by atoms with Gasteiger partial charge < -0.3 is 10.2 Å². The van der Waals surface area contributed by atoms with Gasteiger partial charge in [0.05, 0.1) is 11.2 Å².